The lowest BCUT2D eigenvalue weighted by molar-refractivity contribution is 0.0950. The van der Waals surface area contributed by atoms with Gasteiger partial charge in [0.1, 0.15) is 0 Å². The maximum Gasteiger partial charge on any atom is 0.252 e. The van der Waals surface area contributed by atoms with Gasteiger partial charge in [-0.1, -0.05) is 0 Å². The van der Waals surface area contributed by atoms with Gasteiger partial charge in [-0.25, -0.2) is 4.98 Å². The molecule has 1 aromatic carbocycles. The van der Waals surface area contributed by atoms with Gasteiger partial charge < -0.3 is 10.1 Å². The van der Waals surface area contributed by atoms with Gasteiger partial charge in [0.15, 0.2) is 0 Å². The van der Waals surface area contributed by atoms with Crippen molar-refractivity contribution < 1.29 is 9.53 Å². The smallest absolute Gasteiger partial charge is 0.252 e. The minimum Gasteiger partial charge on any atom is -0.481 e. The molecule has 2 rings (SSSR count). The summed E-state index contributed by atoms with van der Waals surface area (Å²) in [6, 6.07) is 8.94. The van der Waals surface area contributed by atoms with Crippen LogP contribution in [0.25, 0.3) is 0 Å². The molecule has 2 aromatic rings. The number of aromatic nitrogens is 1. The molecule has 20 heavy (non-hydrogen) atoms. The number of hydrogen-bond acceptors (Lipinski definition) is 4. The number of methoxy groups -OCH3 is 1. The van der Waals surface area contributed by atoms with Crippen molar-refractivity contribution >= 4 is 34.5 Å². The van der Waals surface area contributed by atoms with E-state index in [4.69, 9.17) is 4.74 Å². The Balaban J connectivity index is 2.06. The summed E-state index contributed by atoms with van der Waals surface area (Å²) >= 11 is 7.59. The minimum absolute atomic E-state index is 0.163. The number of thiol groups is 1. The topological polar surface area (TPSA) is 51.2 Å². The van der Waals surface area contributed by atoms with Crippen molar-refractivity contribution in [3.05, 3.63) is 52.1 Å². The molecule has 0 spiro atoms. The van der Waals surface area contributed by atoms with Crippen LogP contribution in [0.4, 0.5) is 0 Å². The highest BCUT2D eigenvalue weighted by atomic mass is 79.9. The molecule has 4 nitrogen and oxygen atoms in total. The normalized spacial score (nSPS) is 10.2. The number of benzene rings is 1. The van der Waals surface area contributed by atoms with Crippen LogP contribution in [-0.2, 0) is 6.54 Å². The maximum absolute atomic E-state index is 12.1. The Morgan fingerprint density at radius 3 is 2.95 bits per heavy atom. The highest BCUT2D eigenvalue weighted by Gasteiger charge is 2.10. The number of carbonyl (C=O) groups is 1. The largest absolute Gasteiger partial charge is 0.481 e. The molecule has 1 amide bonds. The van der Waals surface area contributed by atoms with Crippen molar-refractivity contribution in [2.45, 2.75) is 11.4 Å². The number of rotatable bonds is 4. The molecule has 0 saturated heterocycles. The van der Waals surface area contributed by atoms with Crippen LogP contribution in [0.3, 0.4) is 0 Å². The van der Waals surface area contributed by atoms with E-state index in [1.54, 1.807) is 31.5 Å². The van der Waals surface area contributed by atoms with Gasteiger partial charge in [0.05, 0.1) is 12.7 Å². The lowest BCUT2D eigenvalue weighted by Gasteiger charge is -2.08. The van der Waals surface area contributed by atoms with Crippen LogP contribution in [0, 0.1) is 0 Å². The highest BCUT2D eigenvalue weighted by Crippen LogP contribution is 2.20. The summed E-state index contributed by atoms with van der Waals surface area (Å²) in [5.41, 5.74) is 1.47. The summed E-state index contributed by atoms with van der Waals surface area (Å²) in [4.78, 5) is 16.9. The SMILES string of the molecule is COc1cc(CNC(=O)c2cc(S)ccc2Br)ccn1. The number of nitrogens with zero attached hydrogens (tertiary/aromatic N) is 1. The second kappa shape index (κ2) is 6.76. The van der Waals surface area contributed by atoms with Gasteiger partial charge in [0.2, 0.25) is 5.88 Å². The molecule has 1 N–H and O–H groups in total. The molecule has 6 heteroatoms. The summed E-state index contributed by atoms with van der Waals surface area (Å²) < 4.78 is 5.78. The Morgan fingerprint density at radius 1 is 1.40 bits per heavy atom. The van der Waals surface area contributed by atoms with E-state index >= 15 is 0 Å². The number of nitrogens with one attached hydrogen (secondary N) is 1. The van der Waals surface area contributed by atoms with Crippen molar-refractivity contribution in [2.75, 3.05) is 7.11 Å². The standard InChI is InChI=1S/C14H13BrN2O2S/c1-19-13-6-9(4-5-16-13)8-17-14(18)11-7-10(20)2-3-12(11)15/h2-7,20H,8H2,1H3,(H,17,18). The Kier molecular flexibility index (Phi) is 5.03. The Morgan fingerprint density at radius 2 is 2.20 bits per heavy atom. The summed E-state index contributed by atoms with van der Waals surface area (Å²) in [5.74, 6) is 0.360. The number of amides is 1. The van der Waals surface area contributed by atoms with Crippen LogP contribution in [0.5, 0.6) is 5.88 Å². The third-order valence-corrected chi connectivity index (χ3v) is 3.63. The first-order chi connectivity index (χ1) is 9.60. The molecule has 1 heterocycles. The molecule has 0 unspecified atom stereocenters. The predicted molar refractivity (Wildman–Crippen MR) is 83.4 cm³/mol. The van der Waals surface area contributed by atoms with E-state index in [-0.39, 0.29) is 5.91 Å². The third-order valence-electron chi connectivity index (χ3n) is 2.66. The van der Waals surface area contributed by atoms with Gasteiger partial charge in [-0.05, 0) is 45.8 Å². The molecule has 0 atom stereocenters. The summed E-state index contributed by atoms with van der Waals surface area (Å²) in [7, 11) is 1.56. The van der Waals surface area contributed by atoms with Crippen LogP contribution < -0.4 is 10.1 Å². The summed E-state index contributed by atoms with van der Waals surface area (Å²) in [6.07, 6.45) is 1.64. The molecule has 0 radical (unpaired) electrons. The molecule has 0 aliphatic carbocycles. The monoisotopic (exact) mass is 352 g/mol. The second-order valence-electron chi connectivity index (χ2n) is 4.05. The average molecular weight is 353 g/mol. The first kappa shape index (κ1) is 14.9. The Labute approximate surface area is 131 Å². The summed E-state index contributed by atoms with van der Waals surface area (Å²) in [6.45, 7) is 0.404. The van der Waals surface area contributed by atoms with E-state index in [1.165, 1.54) is 0 Å². The van der Waals surface area contributed by atoms with Gasteiger partial charge in [-0.3, -0.25) is 4.79 Å². The third kappa shape index (κ3) is 3.74. The number of hydrogen-bond donors (Lipinski definition) is 2. The average Bonchev–Trinajstić information content (AvgIpc) is 2.47. The lowest BCUT2D eigenvalue weighted by atomic mass is 10.2. The molecule has 0 bridgehead atoms. The molecule has 0 saturated carbocycles. The van der Waals surface area contributed by atoms with E-state index in [0.717, 1.165) is 14.9 Å². The number of pyridine rings is 1. The molecular weight excluding hydrogens is 340 g/mol. The van der Waals surface area contributed by atoms with Gasteiger partial charge >= 0.3 is 0 Å². The van der Waals surface area contributed by atoms with Crippen molar-refractivity contribution in [1.29, 1.82) is 0 Å². The molecule has 0 aliphatic rings. The zero-order chi connectivity index (χ0) is 14.5. The van der Waals surface area contributed by atoms with E-state index < -0.39 is 0 Å². The zero-order valence-corrected chi connectivity index (χ0v) is 13.2. The lowest BCUT2D eigenvalue weighted by Crippen LogP contribution is -2.23. The number of halogens is 1. The van der Waals surface area contributed by atoms with Crippen LogP contribution in [0.1, 0.15) is 15.9 Å². The van der Waals surface area contributed by atoms with E-state index in [2.05, 4.69) is 38.9 Å². The first-order valence-corrected chi connectivity index (χ1v) is 7.10. The van der Waals surface area contributed by atoms with E-state index in [9.17, 15) is 4.79 Å². The van der Waals surface area contributed by atoms with E-state index in [0.29, 0.717) is 18.0 Å². The first-order valence-electron chi connectivity index (χ1n) is 5.86. The Bertz CT molecular complexity index is 634. The van der Waals surface area contributed by atoms with Crippen molar-refractivity contribution in [2.24, 2.45) is 0 Å². The highest BCUT2D eigenvalue weighted by molar-refractivity contribution is 9.10. The Hall–Kier alpha value is -1.53. The van der Waals surface area contributed by atoms with Crippen molar-refractivity contribution in [3.63, 3.8) is 0 Å². The fourth-order valence-electron chi connectivity index (χ4n) is 1.64. The van der Waals surface area contributed by atoms with Gasteiger partial charge in [-0.2, -0.15) is 0 Å². The molecule has 104 valence electrons. The van der Waals surface area contributed by atoms with E-state index in [1.807, 2.05) is 12.1 Å². The van der Waals surface area contributed by atoms with Crippen molar-refractivity contribution in [3.8, 4) is 5.88 Å². The molecule has 0 fully saturated rings. The van der Waals surface area contributed by atoms with Crippen LogP contribution in [0.2, 0.25) is 0 Å². The minimum atomic E-state index is -0.163. The van der Waals surface area contributed by atoms with Crippen LogP contribution in [-0.4, -0.2) is 18.0 Å². The van der Waals surface area contributed by atoms with Crippen LogP contribution in [0.15, 0.2) is 45.9 Å². The van der Waals surface area contributed by atoms with Gasteiger partial charge in [0.25, 0.3) is 5.91 Å². The quantitative estimate of drug-likeness (QED) is 0.831. The number of carbonyl (C=O) groups excluding carboxylic acids is 1. The molecule has 0 aliphatic heterocycles. The van der Waals surface area contributed by atoms with Crippen molar-refractivity contribution in [1.82, 2.24) is 10.3 Å². The molecule has 1 aromatic heterocycles. The second-order valence-corrected chi connectivity index (χ2v) is 5.42. The zero-order valence-electron chi connectivity index (χ0n) is 10.8. The van der Waals surface area contributed by atoms with Gasteiger partial charge in [0, 0.05) is 28.2 Å². The summed E-state index contributed by atoms with van der Waals surface area (Å²) in [5, 5.41) is 2.85. The maximum atomic E-state index is 12.1. The fraction of sp³-hybridized carbons (Fsp3) is 0.143. The predicted octanol–water partition coefficient (Wildman–Crippen LogP) is 3.07. The number of ether oxygens (including phenoxy) is 1. The van der Waals surface area contributed by atoms with Crippen LogP contribution >= 0.6 is 28.6 Å². The van der Waals surface area contributed by atoms with Gasteiger partial charge in [-0.15, -0.1) is 12.6 Å². The molecular formula is C14H13BrN2O2S. The fourth-order valence-corrected chi connectivity index (χ4v) is 2.27.